The standard InChI is InChI=1S/C19H13NOS/c1-21-11-6-7-12-14-8-9-15-13-4-2-3-5-17(13)22-19(15)18(14)20-16(12)10-11/h2-10,20H,1H3. The number of hydrogen-bond donors (Lipinski definition) is 1. The van der Waals surface area contributed by atoms with Crippen molar-refractivity contribution in [1.82, 2.24) is 4.98 Å². The molecule has 0 radical (unpaired) electrons. The molecular formula is C19H13NOS. The summed E-state index contributed by atoms with van der Waals surface area (Å²) in [6.45, 7) is 0. The van der Waals surface area contributed by atoms with Crippen molar-refractivity contribution in [2.45, 2.75) is 0 Å². The molecule has 0 aliphatic carbocycles. The molecule has 0 bridgehead atoms. The fraction of sp³-hybridized carbons (Fsp3) is 0.0526. The van der Waals surface area contributed by atoms with E-state index in [4.69, 9.17) is 4.74 Å². The van der Waals surface area contributed by atoms with Crippen LogP contribution < -0.4 is 4.74 Å². The predicted molar refractivity (Wildman–Crippen MR) is 95.2 cm³/mol. The third-order valence-corrected chi connectivity index (χ3v) is 5.53. The second-order valence-corrected chi connectivity index (χ2v) is 6.55. The van der Waals surface area contributed by atoms with Crippen LogP contribution in [-0.4, -0.2) is 12.1 Å². The molecule has 0 unspecified atom stereocenters. The Morgan fingerprint density at radius 1 is 0.864 bits per heavy atom. The molecule has 2 nitrogen and oxygen atoms in total. The maximum Gasteiger partial charge on any atom is 0.120 e. The van der Waals surface area contributed by atoms with E-state index in [0.717, 1.165) is 11.3 Å². The summed E-state index contributed by atoms with van der Waals surface area (Å²) in [4.78, 5) is 3.59. The number of thiophene rings is 1. The summed E-state index contributed by atoms with van der Waals surface area (Å²) in [5, 5.41) is 5.18. The van der Waals surface area contributed by atoms with Crippen molar-refractivity contribution >= 4 is 53.3 Å². The van der Waals surface area contributed by atoms with Crippen molar-refractivity contribution in [2.24, 2.45) is 0 Å². The maximum absolute atomic E-state index is 5.34. The Bertz CT molecular complexity index is 1170. The molecule has 0 fully saturated rings. The lowest BCUT2D eigenvalue weighted by Crippen LogP contribution is -1.80. The van der Waals surface area contributed by atoms with Crippen LogP contribution in [-0.2, 0) is 0 Å². The Kier molecular flexibility index (Phi) is 2.33. The summed E-state index contributed by atoms with van der Waals surface area (Å²) in [5.74, 6) is 0.881. The highest BCUT2D eigenvalue weighted by atomic mass is 32.1. The Hall–Kier alpha value is -2.52. The van der Waals surface area contributed by atoms with Crippen molar-refractivity contribution < 1.29 is 4.74 Å². The lowest BCUT2D eigenvalue weighted by Gasteiger charge is -1.98. The van der Waals surface area contributed by atoms with Crippen molar-refractivity contribution in [3.05, 3.63) is 54.6 Å². The first-order valence-electron chi connectivity index (χ1n) is 7.25. The smallest absolute Gasteiger partial charge is 0.120 e. The number of aromatic nitrogens is 1. The van der Waals surface area contributed by atoms with Gasteiger partial charge in [-0.2, -0.15) is 0 Å². The molecule has 0 saturated carbocycles. The van der Waals surface area contributed by atoms with Crippen LogP contribution in [0.5, 0.6) is 5.75 Å². The molecule has 3 heteroatoms. The van der Waals surface area contributed by atoms with E-state index in [1.165, 1.54) is 36.5 Å². The minimum Gasteiger partial charge on any atom is -0.497 e. The van der Waals surface area contributed by atoms with Gasteiger partial charge in [0.25, 0.3) is 0 Å². The van der Waals surface area contributed by atoms with Crippen molar-refractivity contribution in [1.29, 1.82) is 0 Å². The zero-order valence-electron chi connectivity index (χ0n) is 12.0. The molecule has 5 rings (SSSR count). The van der Waals surface area contributed by atoms with Gasteiger partial charge in [0.2, 0.25) is 0 Å². The summed E-state index contributed by atoms with van der Waals surface area (Å²) in [5.41, 5.74) is 2.35. The van der Waals surface area contributed by atoms with Crippen LogP contribution in [0, 0.1) is 0 Å². The Morgan fingerprint density at radius 3 is 2.59 bits per heavy atom. The molecule has 5 aromatic rings. The number of ether oxygens (including phenoxy) is 1. The normalized spacial score (nSPS) is 11.9. The lowest BCUT2D eigenvalue weighted by molar-refractivity contribution is 0.415. The van der Waals surface area contributed by atoms with Gasteiger partial charge < -0.3 is 9.72 Å². The highest BCUT2D eigenvalue weighted by Gasteiger charge is 2.12. The molecule has 0 amide bonds. The molecule has 0 saturated heterocycles. The summed E-state index contributed by atoms with van der Waals surface area (Å²) in [7, 11) is 1.70. The number of nitrogens with one attached hydrogen (secondary N) is 1. The number of hydrogen-bond acceptors (Lipinski definition) is 2. The molecule has 1 N–H and O–H groups in total. The maximum atomic E-state index is 5.34. The first-order valence-corrected chi connectivity index (χ1v) is 8.06. The van der Waals surface area contributed by atoms with Gasteiger partial charge >= 0.3 is 0 Å². The van der Waals surface area contributed by atoms with Gasteiger partial charge in [0.05, 0.1) is 22.8 Å². The van der Waals surface area contributed by atoms with Gasteiger partial charge in [-0.15, -0.1) is 11.3 Å². The van der Waals surface area contributed by atoms with Crippen LogP contribution in [0.25, 0.3) is 42.0 Å². The van der Waals surface area contributed by atoms with Crippen LogP contribution in [0.2, 0.25) is 0 Å². The summed E-state index contributed by atoms with van der Waals surface area (Å²) >= 11 is 1.85. The summed E-state index contributed by atoms with van der Waals surface area (Å²) < 4.78 is 8.00. The molecule has 3 aromatic carbocycles. The minimum atomic E-state index is 0.881. The third kappa shape index (κ3) is 1.49. The molecule has 0 spiro atoms. The minimum absolute atomic E-state index is 0.881. The number of benzene rings is 3. The van der Waals surface area contributed by atoms with Gasteiger partial charge in [0.1, 0.15) is 5.75 Å². The fourth-order valence-corrected chi connectivity index (χ4v) is 4.47. The molecule has 2 aromatic heterocycles. The van der Waals surface area contributed by atoms with E-state index < -0.39 is 0 Å². The van der Waals surface area contributed by atoms with Crippen LogP contribution >= 0.6 is 11.3 Å². The largest absolute Gasteiger partial charge is 0.497 e. The SMILES string of the molecule is COc1ccc2c(c1)[nH]c1c2ccc2c3ccccc3sc21. The van der Waals surface area contributed by atoms with E-state index in [0.29, 0.717) is 0 Å². The van der Waals surface area contributed by atoms with Gasteiger partial charge in [-0.1, -0.05) is 30.3 Å². The molecule has 0 atom stereocenters. The van der Waals surface area contributed by atoms with E-state index in [1.54, 1.807) is 7.11 Å². The number of rotatable bonds is 1. The Morgan fingerprint density at radius 2 is 1.68 bits per heavy atom. The van der Waals surface area contributed by atoms with E-state index in [1.807, 2.05) is 17.4 Å². The molecule has 2 heterocycles. The van der Waals surface area contributed by atoms with Crippen molar-refractivity contribution in [2.75, 3.05) is 7.11 Å². The second kappa shape index (κ2) is 4.24. The molecule has 22 heavy (non-hydrogen) atoms. The van der Waals surface area contributed by atoms with Gasteiger partial charge in [-0.3, -0.25) is 0 Å². The predicted octanol–water partition coefficient (Wildman–Crippen LogP) is 5.70. The molecular weight excluding hydrogens is 290 g/mol. The highest BCUT2D eigenvalue weighted by Crippen LogP contribution is 2.40. The van der Waals surface area contributed by atoms with E-state index >= 15 is 0 Å². The highest BCUT2D eigenvalue weighted by molar-refractivity contribution is 7.26. The summed E-state index contributed by atoms with van der Waals surface area (Å²) in [6, 6.07) is 19.3. The molecule has 106 valence electrons. The monoisotopic (exact) mass is 303 g/mol. The number of fused-ring (bicyclic) bond motifs is 7. The van der Waals surface area contributed by atoms with Gasteiger partial charge in [0.15, 0.2) is 0 Å². The summed E-state index contributed by atoms with van der Waals surface area (Å²) in [6.07, 6.45) is 0. The fourth-order valence-electron chi connectivity index (χ4n) is 3.26. The Balaban J connectivity index is 1.99. The third-order valence-electron chi connectivity index (χ3n) is 4.32. The average molecular weight is 303 g/mol. The van der Waals surface area contributed by atoms with E-state index in [-0.39, 0.29) is 0 Å². The van der Waals surface area contributed by atoms with Crippen LogP contribution in [0.4, 0.5) is 0 Å². The van der Waals surface area contributed by atoms with E-state index in [2.05, 4.69) is 53.5 Å². The zero-order chi connectivity index (χ0) is 14.7. The number of aromatic amines is 1. The average Bonchev–Trinajstić information content (AvgIpc) is 3.12. The topological polar surface area (TPSA) is 25.0 Å². The molecule has 0 aliphatic rings. The zero-order valence-corrected chi connectivity index (χ0v) is 12.8. The van der Waals surface area contributed by atoms with Gasteiger partial charge in [0, 0.05) is 32.3 Å². The van der Waals surface area contributed by atoms with Crippen LogP contribution in [0.3, 0.4) is 0 Å². The molecule has 0 aliphatic heterocycles. The first-order chi connectivity index (χ1) is 10.8. The lowest BCUT2D eigenvalue weighted by atomic mass is 10.1. The number of methoxy groups -OCH3 is 1. The van der Waals surface area contributed by atoms with E-state index in [9.17, 15) is 0 Å². The quantitative estimate of drug-likeness (QED) is 0.422. The van der Waals surface area contributed by atoms with Crippen LogP contribution in [0.15, 0.2) is 54.6 Å². The Labute approximate surface area is 130 Å². The van der Waals surface area contributed by atoms with Gasteiger partial charge in [-0.25, -0.2) is 0 Å². The van der Waals surface area contributed by atoms with Crippen LogP contribution in [0.1, 0.15) is 0 Å². The second-order valence-electron chi connectivity index (χ2n) is 5.50. The first kappa shape index (κ1) is 12.1. The van der Waals surface area contributed by atoms with Crippen molar-refractivity contribution in [3.8, 4) is 5.75 Å². The van der Waals surface area contributed by atoms with Crippen molar-refractivity contribution in [3.63, 3.8) is 0 Å². The number of H-pyrrole nitrogens is 1. The van der Waals surface area contributed by atoms with Gasteiger partial charge in [-0.05, 0) is 18.2 Å².